The Balaban J connectivity index is 0.894. The molecule has 76 heavy (non-hydrogen) atoms. The molecule has 0 aromatic rings. The number of ether oxygens (including phenoxy) is 8. The summed E-state index contributed by atoms with van der Waals surface area (Å²) in [6.07, 6.45) is -23.6. The normalized spacial score (nSPS) is 57.9. The molecule has 436 valence electrons. The summed E-state index contributed by atoms with van der Waals surface area (Å²) in [7, 11) is 0. The van der Waals surface area contributed by atoms with Crippen LogP contribution in [0.25, 0.3) is 0 Å². The molecule has 10 aliphatic rings. The van der Waals surface area contributed by atoms with E-state index in [1.54, 1.807) is 0 Å². The first-order chi connectivity index (χ1) is 35.7. The molecule has 23 nitrogen and oxygen atoms in total. The summed E-state index contributed by atoms with van der Waals surface area (Å²) in [4.78, 5) is 24.0. The van der Waals surface area contributed by atoms with Crippen LogP contribution < -0.4 is 0 Å². The molecule has 12 N–H and O–H groups in total. The van der Waals surface area contributed by atoms with Crippen LogP contribution in [-0.4, -0.2) is 229 Å². The third-order valence-corrected chi connectivity index (χ3v) is 22.3. The van der Waals surface area contributed by atoms with E-state index in [4.69, 9.17) is 47.7 Å². The molecule has 0 aromatic heterocycles. The van der Waals surface area contributed by atoms with Crippen molar-refractivity contribution in [2.75, 3.05) is 26.4 Å². The maximum atomic E-state index is 12.6. The Hall–Kier alpha value is -1.21. The molecule has 30 atom stereocenters. The van der Waals surface area contributed by atoms with Gasteiger partial charge in [-0.05, 0) is 105 Å². The van der Waals surface area contributed by atoms with Crippen LogP contribution in [0.15, 0.2) is 0 Å². The van der Waals surface area contributed by atoms with Gasteiger partial charge in [-0.1, -0.05) is 41.5 Å². The van der Waals surface area contributed by atoms with E-state index < -0.39 is 165 Å². The van der Waals surface area contributed by atoms with Crippen LogP contribution in [0, 0.1) is 50.2 Å². The Labute approximate surface area is 442 Å². The highest BCUT2D eigenvalue weighted by Crippen LogP contribution is 2.80. The summed E-state index contributed by atoms with van der Waals surface area (Å²) in [5.41, 5.74) is -2.60. The van der Waals surface area contributed by atoms with Crippen molar-refractivity contribution in [3.05, 3.63) is 0 Å². The van der Waals surface area contributed by atoms with Crippen molar-refractivity contribution in [2.45, 2.75) is 247 Å². The second-order valence-corrected chi connectivity index (χ2v) is 26.3. The lowest BCUT2D eigenvalue weighted by atomic mass is 9.30. The Morgan fingerprint density at radius 2 is 1.21 bits per heavy atom. The van der Waals surface area contributed by atoms with Gasteiger partial charge in [0.05, 0.1) is 50.3 Å². The van der Waals surface area contributed by atoms with Gasteiger partial charge < -0.3 is 104 Å². The Morgan fingerprint density at radius 1 is 0.566 bits per heavy atom. The highest BCUT2D eigenvalue weighted by Gasteiger charge is 2.80. The smallest absolute Gasteiger partial charge is 0.220 e. The maximum absolute atomic E-state index is 12.6. The molecular formula is C53H86O23. The molecule has 5 saturated carbocycles. The van der Waals surface area contributed by atoms with Crippen molar-refractivity contribution >= 4 is 6.29 Å². The number of fused-ring (bicyclic) bond motifs is 4. The molecule has 5 saturated heterocycles. The quantitative estimate of drug-likeness (QED) is 0.0454. The largest absolute Gasteiger partial charge is 0.394 e. The van der Waals surface area contributed by atoms with E-state index in [9.17, 15) is 66.1 Å². The molecule has 5 aliphatic heterocycles. The molecule has 23 heteroatoms. The van der Waals surface area contributed by atoms with E-state index in [2.05, 4.69) is 41.5 Å². The zero-order chi connectivity index (χ0) is 55.0. The van der Waals surface area contributed by atoms with Crippen molar-refractivity contribution in [2.24, 2.45) is 50.2 Å². The second kappa shape index (κ2) is 20.6. The minimum absolute atomic E-state index is 0.0686. The Bertz CT molecular complexity index is 2070. The Kier molecular flexibility index (Phi) is 15.7. The topological polar surface area (TPSA) is 352 Å². The van der Waals surface area contributed by atoms with Gasteiger partial charge in [0.2, 0.25) is 6.29 Å². The van der Waals surface area contributed by atoms with Crippen LogP contribution in [0.1, 0.15) is 113 Å². The van der Waals surface area contributed by atoms with Crippen molar-refractivity contribution in [3.8, 4) is 0 Å². The van der Waals surface area contributed by atoms with Crippen LogP contribution in [0.4, 0.5) is 0 Å². The fourth-order valence-electron chi connectivity index (χ4n) is 17.5. The van der Waals surface area contributed by atoms with E-state index in [-0.39, 0.29) is 39.4 Å². The van der Waals surface area contributed by atoms with Gasteiger partial charge in [0, 0.05) is 16.2 Å². The lowest BCUT2D eigenvalue weighted by Gasteiger charge is -2.75. The van der Waals surface area contributed by atoms with Crippen molar-refractivity contribution in [1.29, 1.82) is 0 Å². The van der Waals surface area contributed by atoms with Crippen molar-refractivity contribution in [3.63, 3.8) is 0 Å². The monoisotopic (exact) mass is 1090 g/mol. The average molecular weight is 1090 g/mol. The molecule has 0 unspecified atom stereocenters. The number of aliphatic hydroxyl groups is 12. The first-order valence-corrected chi connectivity index (χ1v) is 27.7. The third-order valence-electron chi connectivity index (χ3n) is 22.3. The van der Waals surface area contributed by atoms with Gasteiger partial charge in [0.25, 0.3) is 0 Å². The number of carbonyl (C=O) groups is 1. The fraction of sp³-hybridized carbons (Fsp3) is 0.981. The molecule has 1 spiro atoms. The van der Waals surface area contributed by atoms with E-state index in [1.165, 1.54) is 6.92 Å². The van der Waals surface area contributed by atoms with Gasteiger partial charge in [0.15, 0.2) is 25.0 Å². The molecule has 0 aromatic carbocycles. The van der Waals surface area contributed by atoms with Crippen LogP contribution in [0.5, 0.6) is 0 Å². The predicted octanol–water partition coefficient (Wildman–Crippen LogP) is -1.57. The Morgan fingerprint density at radius 3 is 1.89 bits per heavy atom. The molecule has 2 bridgehead atoms. The number of hydrogen-bond donors (Lipinski definition) is 12. The second-order valence-electron chi connectivity index (χ2n) is 26.3. The number of aldehydes is 1. The van der Waals surface area contributed by atoms with Gasteiger partial charge in [0.1, 0.15) is 85.6 Å². The summed E-state index contributed by atoms with van der Waals surface area (Å²) in [6, 6.07) is 0. The molecule has 0 amide bonds. The third kappa shape index (κ3) is 8.69. The van der Waals surface area contributed by atoms with Gasteiger partial charge in [-0.2, -0.15) is 0 Å². The van der Waals surface area contributed by atoms with Gasteiger partial charge in [-0.25, -0.2) is 9.78 Å². The van der Waals surface area contributed by atoms with E-state index in [0.29, 0.717) is 25.9 Å². The SMILES string of the molecule is C[C@@H]1O[C@@H](O[C@H]2[C@H](O[C@H]3CO[C@@H](O[C@H]4CC[C@]5(C)[C@H]6CC[C@]78OC[C@@]9(CC[C@](C)(C=O)C[C@H]97)[C@H](O)C[C@@]8(C)[C@]6(C)CC[C@H]5C4(C)C)[C@H](OO[C@@H]4O[C@H](CO)[C@@H](O)[C@H](O)[C@H]4O)[C@H]3O)O[C@H](CO)[C@@H](O)[C@@H]2O)[C@H](O)[C@H](O)[C@H]1O. The van der Waals surface area contributed by atoms with Gasteiger partial charge in [-0.3, -0.25) is 0 Å². The summed E-state index contributed by atoms with van der Waals surface area (Å²) >= 11 is 0. The number of carbonyl (C=O) groups excluding carboxylic acids is 1. The maximum Gasteiger partial charge on any atom is 0.220 e. The molecule has 10 fully saturated rings. The minimum Gasteiger partial charge on any atom is -0.394 e. The molecule has 5 aliphatic carbocycles. The average Bonchev–Trinajstić information content (AvgIpc) is 3.67. The lowest BCUT2D eigenvalue weighted by Crippen LogP contribution is -2.74. The molecule has 0 radical (unpaired) electrons. The van der Waals surface area contributed by atoms with Crippen molar-refractivity contribution < 1.29 is 114 Å². The molecular weight excluding hydrogens is 1000 g/mol. The first kappa shape index (κ1) is 58.0. The number of hydrogen-bond acceptors (Lipinski definition) is 23. The number of aliphatic hydroxyl groups excluding tert-OH is 12. The lowest BCUT2D eigenvalue weighted by molar-refractivity contribution is -0.474. The number of rotatable bonds is 12. The standard InChI is InChI=1S/C53H86O23/c1-23-32(58)36(62)39(65)43(69-23)74-41-38(64)34(60)25(19-55)71-46(41)72-26-20-67-45(42(35(26)61)75-76-44-40(66)37(63)33(59)24(18-54)70-44)73-31-10-11-49(5)27(47(31,2)3)8-12-50(6)28(49)9-13-53-29-16-48(4,21-56)14-15-52(29,22-68-53)30(57)17-51(50,53)7/h21,23-46,54-55,57-66H,8-20,22H2,1-7H3/t23-,24+,25+,26-,27-,28+,29+,30+,31-,32-,33+,34+,35-,36+,37-,38-,39+,40+,41+,42+,43-,44-,45-,46-,48-,49-,50+,51-,52+,53-/m0/s1. The van der Waals surface area contributed by atoms with Crippen LogP contribution in [-0.2, 0) is 52.5 Å². The first-order valence-electron chi connectivity index (χ1n) is 27.7. The highest BCUT2D eigenvalue weighted by atomic mass is 17.2. The summed E-state index contributed by atoms with van der Waals surface area (Å²) < 4.78 is 49.6. The van der Waals surface area contributed by atoms with E-state index in [0.717, 1.165) is 51.2 Å². The highest BCUT2D eigenvalue weighted by molar-refractivity contribution is 5.59. The molecule has 10 rings (SSSR count). The van der Waals surface area contributed by atoms with Crippen LogP contribution in [0.2, 0.25) is 0 Å². The summed E-state index contributed by atoms with van der Waals surface area (Å²) in [5, 5.41) is 130. The van der Waals surface area contributed by atoms with Gasteiger partial charge in [-0.15, -0.1) is 0 Å². The van der Waals surface area contributed by atoms with E-state index in [1.807, 2.05) is 0 Å². The zero-order valence-corrected chi connectivity index (χ0v) is 44.7. The predicted molar refractivity (Wildman–Crippen MR) is 256 cm³/mol. The van der Waals surface area contributed by atoms with Gasteiger partial charge >= 0.3 is 0 Å². The minimum atomic E-state index is -1.90. The van der Waals surface area contributed by atoms with Crippen molar-refractivity contribution in [1.82, 2.24) is 0 Å². The summed E-state index contributed by atoms with van der Waals surface area (Å²) in [5.74, 6) is 0.440. The zero-order valence-electron chi connectivity index (χ0n) is 44.7. The molecule has 5 heterocycles. The fourth-order valence-corrected chi connectivity index (χ4v) is 17.5. The van der Waals surface area contributed by atoms with E-state index >= 15 is 0 Å². The summed E-state index contributed by atoms with van der Waals surface area (Å²) in [6.45, 7) is 13.5. The van der Waals surface area contributed by atoms with Crippen LogP contribution >= 0.6 is 0 Å². The van der Waals surface area contributed by atoms with Crippen LogP contribution in [0.3, 0.4) is 0 Å².